The molecule has 0 aliphatic heterocycles. The zero-order valence-electron chi connectivity index (χ0n) is 13.7. The summed E-state index contributed by atoms with van der Waals surface area (Å²) in [6.07, 6.45) is 1.41. The molecular weight excluding hydrogens is 320 g/mol. The molecule has 1 aliphatic rings. The summed E-state index contributed by atoms with van der Waals surface area (Å²) in [5.74, 6) is 1.26. The van der Waals surface area contributed by atoms with Crippen LogP contribution >= 0.6 is 11.3 Å². The van der Waals surface area contributed by atoms with E-state index >= 15 is 0 Å². The largest absolute Gasteiger partial charge is 0.497 e. The first-order valence-corrected chi connectivity index (χ1v) is 8.85. The highest BCUT2D eigenvalue weighted by Gasteiger charge is 2.32. The third-order valence-corrected chi connectivity index (χ3v) is 5.60. The van der Waals surface area contributed by atoms with Gasteiger partial charge in [0.1, 0.15) is 5.75 Å². The summed E-state index contributed by atoms with van der Waals surface area (Å²) in [5, 5.41) is 6.71. The van der Waals surface area contributed by atoms with Gasteiger partial charge in [0, 0.05) is 17.2 Å². The molecule has 1 aromatic carbocycles. The van der Waals surface area contributed by atoms with Gasteiger partial charge in [-0.3, -0.25) is 4.79 Å². The number of fused-ring (bicyclic) bond motifs is 1. The lowest BCUT2D eigenvalue weighted by molar-refractivity contribution is 0.0963. The van der Waals surface area contributed by atoms with Crippen LogP contribution < -0.4 is 4.74 Å². The van der Waals surface area contributed by atoms with Crippen LogP contribution in [0.2, 0.25) is 0 Å². The molecule has 1 aliphatic carbocycles. The molecule has 0 radical (unpaired) electrons. The second-order valence-electron chi connectivity index (χ2n) is 6.06. The fourth-order valence-electron chi connectivity index (χ4n) is 3.42. The van der Waals surface area contributed by atoms with Crippen molar-refractivity contribution < 1.29 is 9.53 Å². The molecule has 3 aromatic rings. The molecule has 4 nitrogen and oxygen atoms in total. The van der Waals surface area contributed by atoms with Crippen molar-refractivity contribution in [2.75, 3.05) is 7.11 Å². The van der Waals surface area contributed by atoms with Crippen LogP contribution in [-0.4, -0.2) is 22.7 Å². The lowest BCUT2D eigenvalue weighted by atomic mass is 9.85. The summed E-state index contributed by atoms with van der Waals surface area (Å²) in [6.45, 7) is 1.92. The van der Waals surface area contributed by atoms with Crippen molar-refractivity contribution in [2.24, 2.45) is 0 Å². The maximum absolute atomic E-state index is 12.7. The van der Waals surface area contributed by atoms with E-state index in [4.69, 9.17) is 4.74 Å². The van der Waals surface area contributed by atoms with E-state index in [9.17, 15) is 4.79 Å². The minimum absolute atomic E-state index is 0.201. The number of Topliss-reactive ketones (excluding diaryl/α,β-unsaturated/α-hetero) is 1. The average Bonchev–Trinajstić information content (AvgIpc) is 3.23. The molecule has 0 fully saturated rings. The Morgan fingerprint density at radius 3 is 2.67 bits per heavy atom. The predicted molar refractivity (Wildman–Crippen MR) is 94.6 cm³/mol. The van der Waals surface area contributed by atoms with Gasteiger partial charge >= 0.3 is 0 Å². The maximum Gasteiger partial charge on any atom is 0.167 e. The van der Waals surface area contributed by atoms with Crippen LogP contribution in [0.15, 0.2) is 41.8 Å². The molecule has 0 saturated carbocycles. The molecule has 4 rings (SSSR count). The number of hydrogen-bond acceptors (Lipinski definition) is 4. The van der Waals surface area contributed by atoms with E-state index in [2.05, 4.69) is 16.5 Å². The van der Waals surface area contributed by atoms with Gasteiger partial charge in [-0.1, -0.05) is 6.07 Å². The van der Waals surface area contributed by atoms with Gasteiger partial charge in [0.25, 0.3) is 0 Å². The Balaban J connectivity index is 1.78. The molecule has 24 heavy (non-hydrogen) atoms. The minimum Gasteiger partial charge on any atom is -0.497 e. The van der Waals surface area contributed by atoms with E-state index in [0.717, 1.165) is 34.8 Å². The molecule has 122 valence electrons. The number of methoxy groups -OCH3 is 1. The minimum atomic E-state index is 0.201. The van der Waals surface area contributed by atoms with Crippen LogP contribution in [0.3, 0.4) is 0 Å². The number of carbonyl (C=O) groups is 1. The van der Waals surface area contributed by atoms with E-state index in [-0.39, 0.29) is 11.7 Å². The van der Waals surface area contributed by atoms with E-state index in [0.29, 0.717) is 6.42 Å². The second-order valence-corrected chi connectivity index (χ2v) is 7.04. The molecule has 0 N–H and O–H groups in total. The highest BCUT2D eigenvalue weighted by molar-refractivity contribution is 7.10. The van der Waals surface area contributed by atoms with Crippen LogP contribution in [0, 0.1) is 6.92 Å². The summed E-state index contributed by atoms with van der Waals surface area (Å²) in [4.78, 5) is 14.0. The fraction of sp³-hybridized carbons (Fsp3) is 0.263. The van der Waals surface area contributed by atoms with Gasteiger partial charge in [-0.25, -0.2) is 4.68 Å². The number of ketones is 1. The zero-order chi connectivity index (χ0) is 16.7. The summed E-state index contributed by atoms with van der Waals surface area (Å²) in [7, 11) is 1.65. The fourth-order valence-corrected chi connectivity index (χ4v) is 4.25. The first kappa shape index (κ1) is 15.1. The van der Waals surface area contributed by atoms with Crippen molar-refractivity contribution in [2.45, 2.75) is 25.7 Å². The van der Waals surface area contributed by atoms with Crippen LogP contribution in [-0.2, 0) is 6.42 Å². The molecule has 2 heterocycles. The predicted octanol–water partition coefficient (Wildman–Crippen LogP) is 4.16. The van der Waals surface area contributed by atoms with Crippen LogP contribution in [0.1, 0.15) is 39.0 Å². The molecule has 0 spiro atoms. The van der Waals surface area contributed by atoms with Crippen LogP contribution in [0.4, 0.5) is 0 Å². The van der Waals surface area contributed by atoms with Crippen molar-refractivity contribution in [3.63, 3.8) is 0 Å². The number of ether oxygens (including phenoxy) is 1. The van der Waals surface area contributed by atoms with E-state index in [1.54, 1.807) is 18.4 Å². The van der Waals surface area contributed by atoms with E-state index < -0.39 is 0 Å². The number of hydrogen-bond donors (Lipinski definition) is 0. The Kier molecular flexibility index (Phi) is 3.73. The average molecular weight is 338 g/mol. The number of aryl methyl sites for hydroxylation is 1. The third kappa shape index (κ3) is 2.45. The standard InChI is InChI=1S/C19H18N2O2S/c1-12-19-16(10-13(11-17(19)22)18-4-3-9-24-18)21(20-12)14-5-7-15(23-2)8-6-14/h3-9,13H,10-11H2,1-2H3/t13-/m1/s1. The highest BCUT2D eigenvalue weighted by Crippen LogP contribution is 2.36. The Bertz CT molecular complexity index is 879. The van der Waals surface area contributed by atoms with Gasteiger partial charge < -0.3 is 4.74 Å². The second kappa shape index (κ2) is 5.91. The maximum atomic E-state index is 12.7. The Labute approximate surface area is 144 Å². The molecule has 0 amide bonds. The lowest BCUT2D eigenvalue weighted by Gasteiger charge is -2.22. The van der Waals surface area contributed by atoms with Crippen molar-refractivity contribution >= 4 is 17.1 Å². The summed E-state index contributed by atoms with van der Waals surface area (Å²) in [6, 6.07) is 12.0. The van der Waals surface area contributed by atoms with Gasteiger partial charge in [0.05, 0.1) is 29.7 Å². The number of rotatable bonds is 3. The zero-order valence-corrected chi connectivity index (χ0v) is 14.5. The molecule has 0 saturated heterocycles. The van der Waals surface area contributed by atoms with Gasteiger partial charge in [-0.2, -0.15) is 5.10 Å². The van der Waals surface area contributed by atoms with E-state index in [1.165, 1.54) is 4.88 Å². The molecule has 0 bridgehead atoms. The van der Waals surface area contributed by atoms with Crippen LogP contribution in [0.25, 0.3) is 5.69 Å². The Hall–Kier alpha value is -2.40. The van der Waals surface area contributed by atoms with E-state index in [1.807, 2.05) is 41.9 Å². The number of thiophene rings is 1. The molecule has 2 aromatic heterocycles. The Morgan fingerprint density at radius 1 is 1.21 bits per heavy atom. The summed E-state index contributed by atoms with van der Waals surface area (Å²) >= 11 is 1.72. The summed E-state index contributed by atoms with van der Waals surface area (Å²) in [5.41, 5.74) is 3.60. The van der Waals surface area contributed by atoms with Crippen molar-refractivity contribution in [3.8, 4) is 11.4 Å². The van der Waals surface area contributed by atoms with Gasteiger partial charge in [0.15, 0.2) is 5.78 Å². The number of nitrogens with zero attached hydrogens (tertiary/aromatic N) is 2. The first-order valence-electron chi connectivity index (χ1n) is 7.97. The van der Waals surface area contributed by atoms with Crippen molar-refractivity contribution in [1.82, 2.24) is 9.78 Å². The molecular formula is C19H18N2O2S. The first-order chi connectivity index (χ1) is 11.7. The quantitative estimate of drug-likeness (QED) is 0.720. The highest BCUT2D eigenvalue weighted by atomic mass is 32.1. The molecule has 5 heteroatoms. The molecule has 0 unspecified atom stereocenters. The smallest absolute Gasteiger partial charge is 0.167 e. The van der Waals surface area contributed by atoms with Crippen molar-refractivity contribution in [3.05, 3.63) is 63.6 Å². The third-order valence-electron chi connectivity index (χ3n) is 4.57. The monoisotopic (exact) mass is 338 g/mol. The Morgan fingerprint density at radius 2 is 2.00 bits per heavy atom. The van der Waals surface area contributed by atoms with Gasteiger partial charge in [0.2, 0.25) is 0 Å². The number of benzene rings is 1. The molecule has 1 atom stereocenters. The van der Waals surface area contributed by atoms with Crippen LogP contribution in [0.5, 0.6) is 5.75 Å². The topological polar surface area (TPSA) is 44.1 Å². The lowest BCUT2D eigenvalue weighted by Crippen LogP contribution is -2.20. The number of aromatic nitrogens is 2. The van der Waals surface area contributed by atoms with Gasteiger partial charge in [-0.05, 0) is 49.1 Å². The SMILES string of the molecule is COc1ccc(-n2nc(C)c3c2C[C@@H](c2cccs2)CC3=O)cc1. The number of carbonyl (C=O) groups excluding carboxylic acids is 1. The van der Waals surface area contributed by atoms with Gasteiger partial charge in [-0.15, -0.1) is 11.3 Å². The normalized spacial score (nSPS) is 16.9. The van der Waals surface area contributed by atoms with Crippen molar-refractivity contribution in [1.29, 1.82) is 0 Å². The summed E-state index contributed by atoms with van der Waals surface area (Å²) < 4.78 is 7.14.